The van der Waals surface area contributed by atoms with E-state index in [1.165, 1.54) is 0 Å². The Bertz CT molecular complexity index is 79.0. The van der Waals surface area contributed by atoms with E-state index < -0.39 is 0 Å². The first-order chi connectivity index (χ1) is 3.98. The topological polar surface area (TPSA) is 3.24 Å². The minimum absolute atomic E-state index is 0.406. The number of hydrogen-bond acceptors (Lipinski definition) is 1. The van der Waals surface area contributed by atoms with Crippen LogP contribution in [0.2, 0.25) is 0 Å². The van der Waals surface area contributed by atoms with Gasteiger partial charge in [-0.15, -0.1) is 0 Å². The Balaban J connectivity index is 3.58. The molecule has 56 valence electrons. The smallest absolute Gasteiger partial charge is 0.00949 e. The molecule has 0 fully saturated rings. The zero-order valence-corrected chi connectivity index (χ0v) is 8.33. The maximum absolute atomic E-state index is 3.47. The van der Waals surface area contributed by atoms with Crippen LogP contribution in [0.1, 0.15) is 13.8 Å². The van der Waals surface area contributed by atoms with E-state index in [2.05, 4.69) is 48.8 Å². The summed E-state index contributed by atoms with van der Waals surface area (Å²) in [5.41, 5.74) is 0.406. The molecule has 0 heterocycles. The molecule has 0 aromatic rings. The van der Waals surface area contributed by atoms with Crippen molar-refractivity contribution < 1.29 is 0 Å². The van der Waals surface area contributed by atoms with Crippen molar-refractivity contribution >= 4 is 15.9 Å². The van der Waals surface area contributed by atoms with Crippen LogP contribution >= 0.6 is 15.9 Å². The van der Waals surface area contributed by atoms with Crippen LogP contribution < -0.4 is 0 Å². The molecule has 0 bridgehead atoms. The van der Waals surface area contributed by atoms with E-state index in [1.54, 1.807) is 0 Å². The third-order valence-electron chi connectivity index (χ3n) is 1.11. The van der Waals surface area contributed by atoms with E-state index in [0.29, 0.717) is 5.41 Å². The van der Waals surface area contributed by atoms with E-state index >= 15 is 0 Å². The highest BCUT2D eigenvalue weighted by molar-refractivity contribution is 9.09. The molecule has 0 amide bonds. The molecule has 0 aromatic heterocycles. The van der Waals surface area contributed by atoms with Crippen molar-refractivity contribution in [2.45, 2.75) is 13.8 Å². The molecule has 0 radical (unpaired) electrons. The maximum Gasteiger partial charge on any atom is 0.00949 e. The number of halogens is 1. The van der Waals surface area contributed by atoms with Gasteiger partial charge in [0.15, 0.2) is 0 Å². The Labute approximate surface area is 66.6 Å². The summed E-state index contributed by atoms with van der Waals surface area (Å²) in [4.78, 5) is 2.21. The molecule has 9 heavy (non-hydrogen) atoms. The largest absolute Gasteiger partial charge is 0.309 e. The predicted octanol–water partition coefficient (Wildman–Crippen LogP) is 1.97. The van der Waals surface area contributed by atoms with Crippen molar-refractivity contribution in [2.24, 2.45) is 5.41 Å². The molecule has 0 saturated heterocycles. The number of rotatable bonds is 3. The summed E-state index contributed by atoms with van der Waals surface area (Å²) in [6.07, 6.45) is 0. The summed E-state index contributed by atoms with van der Waals surface area (Å²) >= 11 is 3.47. The Morgan fingerprint density at radius 3 is 1.89 bits per heavy atom. The van der Waals surface area contributed by atoms with Crippen molar-refractivity contribution in [2.75, 3.05) is 26.0 Å². The molecule has 0 saturated carbocycles. The molecule has 0 aromatic carbocycles. The third-order valence-corrected chi connectivity index (χ3v) is 2.62. The van der Waals surface area contributed by atoms with E-state index in [0.717, 1.165) is 11.9 Å². The van der Waals surface area contributed by atoms with Gasteiger partial charge in [0.2, 0.25) is 0 Å². The second-order valence-electron chi connectivity index (χ2n) is 3.54. The highest BCUT2D eigenvalue weighted by atomic mass is 79.9. The van der Waals surface area contributed by atoms with Gasteiger partial charge in [-0.2, -0.15) is 0 Å². The van der Waals surface area contributed by atoms with Crippen molar-refractivity contribution in [3.05, 3.63) is 0 Å². The van der Waals surface area contributed by atoms with Crippen LogP contribution in [0.4, 0.5) is 0 Å². The molecule has 1 nitrogen and oxygen atoms in total. The molecule has 0 spiro atoms. The Morgan fingerprint density at radius 1 is 1.33 bits per heavy atom. The predicted molar refractivity (Wildman–Crippen MR) is 46.1 cm³/mol. The number of hydrogen-bond donors (Lipinski definition) is 0. The van der Waals surface area contributed by atoms with Crippen LogP contribution in [0, 0.1) is 5.41 Å². The number of nitrogens with zero attached hydrogens (tertiary/aromatic N) is 1. The van der Waals surface area contributed by atoms with Gasteiger partial charge >= 0.3 is 0 Å². The zero-order valence-electron chi connectivity index (χ0n) is 6.74. The van der Waals surface area contributed by atoms with Crippen LogP contribution in [-0.4, -0.2) is 30.9 Å². The second-order valence-corrected chi connectivity index (χ2v) is 4.10. The van der Waals surface area contributed by atoms with Gasteiger partial charge < -0.3 is 4.90 Å². The monoisotopic (exact) mass is 193 g/mol. The molecule has 2 heteroatoms. The molecule has 0 aliphatic heterocycles. The first-order valence-corrected chi connectivity index (χ1v) is 4.31. The summed E-state index contributed by atoms with van der Waals surface area (Å²) in [6, 6.07) is 0. The summed E-state index contributed by atoms with van der Waals surface area (Å²) < 4.78 is 0. The molecule has 0 atom stereocenters. The Morgan fingerprint density at radius 2 is 1.78 bits per heavy atom. The van der Waals surface area contributed by atoms with Crippen LogP contribution in [0.25, 0.3) is 0 Å². The molecule has 0 rings (SSSR count). The standard InChI is InChI=1S/C7H16BrN/c1-7(2,5-8)6-9(3)4/h5-6H2,1-4H3. The van der Waals surface area contributed by atoms with Gasteiger partial charge in [0, 0.05) is 11.9 Å². The summed E-state index contributed by atoms with van der Waals surface area (Å²) in [5.74, 6) is 0. The van der Waals surface area contributed by atoms with E-state index in [4.69, 9.17) is 0 Å². The minimum Gasteiger partial charge on any atom is -0.309 e. The Hall–Kier alpha value is 0.440. The fourth-order valence-electron chi connectivity index (χ4n) is 0.898. The van der Waals surface area contributed by atoms with Gasteiger partial charge in [-0.1, -0.05) is 29.8 Å². The average molecular weight is 194 g/mol. The van der Waals surface area contributed by atoms with E-state index in [9.17, 15) is 0 Å². The van der Waals surface area contributed by atoms with Gasteiger partial charge in [0.25, 0.3) is 0 Å². The SMILES string of the molecule is CN(C)CC(C)(C)CBr. The van der Waals surface area contributed by atoms with Crippen LogP contribution in [0.5, 0.6) is 0 Å². The molecule has 0 aliphatic carbocycles. The minimum atomic E-state index is 0.406. The normalized spacial score (nSPS) is 12.7. The third kappa shape index (κ3) is 4.91. The lowest BCUT2D eigenvalue weighted by molar-refractivity contribution is 0.269. The summed E-state index contributed by atoms with van der Waals surface area (Å²) in [6.45, 7) is 5.64. The highest BCUT2D eigenvalue weighted by Gasteiger charge is 2.15. The van der Waals surface area contributed by atoms with E-state index in [-0.39, 0.29) is 0 Å². The van der Waals surface area contributed by atoms with Crippen molar-refractivity contribution in [1.29, 1.82) is 0 Å². The van der Waals surface area contributed by atoms with E-state index in [1.807, 2.05) is 0 Å². The lowest BCUT2D eigenvalue weighted by atomic mass is 9.96. The second kappa shape index (κ2) is 3.57. The lowest BCUT2D eigenvalue weighted by Gasteiger charge is -2.25. The molecule has 0 aliphatic rings. The maximum atomic E-state index is 3.47. The van der Waals surface area contributed by atoms with Crippen molar-refractivity contribution in [3.63, 3.8) is 0 Å². The van der Waals surface area contributed by atoms with Crippen molar-refractivity contribution in [3.8, 4) is 0 Å². The van der Waals surface area contributed by atoms with Crippen LogP contribution in [0.3, 0.4) is 0 Å². The van der Waals surface area contributed by atoms with Crippen LogP contribution in [-0.2, 0) is 0 Å². The summed E-state index contributed by atoms with van der Waals surface area (Å²) in [5, 5.41) is 1.07. The fraction of sp³-hybridized carbons (Fsp3) is 1.00. The number of alkyl halides is 1. The Kier molecular flexibility index (Phi) is 3.74. The first kappa shape index (κ1) is 9.44. The van der Waals surface area contributed by atoms with Crippen LogP contribution in [0.15, 0.2) is 0 Å². The highest BCUT2D eigenvalue weighted by Crippen LogP contribution is 2.17. The molecule has 0 unspecified atom stereocenters. The zero-order chi connectivity index (χ0) is 7.49. The van der Waals surface area contributed by atoms with Crippen molar-refractivity contribution in [1.82, 2.24) is 4.90 Å². The lowest BCUT2D eigenvalue weighted by Crippen LogP contribution is -2.29. The van der Waals surface area contributed by atoms with Gasteiger partial charge in [-0.25, -0.2) is 0 Å². The molecular formula is C7H16BrN. The van der Waals surface area contributed by atoms with Gasteiger partial charge in [-0.3, -0.25) is 0 Å². The quantitative estimate of drug-likeness (QED) is 0.621. The average Bonchev–Trinajstić information content (AvgIpc) is 1.63. The van der Waals surface area contributed by atoms with Gasteiger partial charge in [-0.05, 0) is 19.5 Å². The van der Waals surface area contributed by atoms with Gasteiger partial charge in [0.1, 0.15) is 0 Å². The fourth-order valence-corrected chi connectivity index (χ4v) is 1.08. The first-order valence-electron chi connectivity index (χ1n) is 3.19. The molecular weight excluding hydrogens is 178 g/mol. The summed E-state index contributed by atoms with van der Waals surface area (Å²) in [7, 11) is 4.20. The van der Waals surface area contributed by atoms with Gasteiger partial charge in [0.05, 0.1) is 0 Å². The molecule has 0 N–H and O–H groups in total.